The molecule has 4 rings (SSSR count). The maximum Gasteiger partial charge on any atom is 0.356 e. The Labute approximate surface area is 156 Å². The van der Waals surface area contributed by atoms with E-state index in [9.17, 15) is 14.4 Å². The predicted molar refractivity (Wildman–Crippen MR) is 95.2 cm³/mol. The number of hydrogen-bond acceptors (Lipinski definition) is 9. The van der Waals surface area contributed by atoms with E-state index >= 15 is 0 Å². The van der Waals surface area contributed by atoms with Gasteiger partial charge in [-0.1, -0.05) is 0 Å². The third-order valence-corrected chi connectivity index (χ3v) is 4.33. The third-order valence-electron chi connectivity index (χ3n) is 4.33. The van der Waals surface area contributed by atoms with Crippen LogP contribution < -0.4 is 0 Å². The summed E-state index contributed by atoms with van der Waals surface area (Å²) in [5.74, 6) is -2.03. The molecule has 10 nitrogen and oxygen atoms in total. The van der Waals surface area contributed by atoms with E-state index in [0.29, 0.717) is 32.9 Å². The Morgan fingerprint density at radius 1 is 0.964 bits per heavy atom. The molecule has 0 saturated heterocycles. The number of fused-ring (bicyclic) bond motifs is 6. The number of H-pyrrole nitrogens is 1. The molecule has 0 aliphatic heterocycles. The summed E-state index contributed by atoms with van der Waals surface area (Å²) in [5, 5.41) is 0.788. The lowest BCUT2D eigenvalue weighted by Gasteiger charge is -2.10. The van der Waals surface area contributed by atoms with Crippen LogP contribution in [0.1, 0.15) is 31.3 Å². The van der Waals surface area contributed by atoms with Crippen LogP contribution in [0.25, 0.3) is 32.9 Å². The standard InChI is InChI=1S/C18H13N3O7/c1-25-16(22)7-4-9(17(23)26-2)21-13-11(7)12-8(15-14(13)19-6-28-15)5-10(20-12)18(24)27-3/h4-6,21H,1-3H3. The summed E-state index contributed by atoms with van der Waals surface area (Å²) in [6.07, 6.45) is 1.21. The van der Waals surface area contributed by atoms with Crippen molar-refractivity contribution in [3.63, 3.8) is 0 Å². The normalized spacial score (nSPS) is 11.1. The monoisotopic (exact) mass is 383 g/mol. The summed E-state index contributed by atoms with van der Waals surface area (Å²) in [6.45, 7) is 0. The highest BCUT2D eigenvalue weighted by atomic mass is 16.5. The van der Waals surface area contributed by atoms with Crippen LogP contribution in [0, 0.1) is 0 Å². The van der Waals surface area contributed by atoms with Crippen molar-refractivity contribution < 1.29 is 33.0 Å². The quantitative estimate of drug-likeness (QED) is 0.417. The third kappa shape index (κ3) is 2.38. The first-order valence-corrected chi connectivity index (χ1v) is 7.97. The first-order valence-electron chi connectivity index (χ1n) is 7.97. The van der Waals surface area contributed by atoms with Crippen molar-refractivity contribution in [2.75, 3.05) is 21.3 Å². The van der Waals surface area contributed by atoms with Gasteiger partial charge in [0.25, 0.3) is 0 Å². The number of benzene rings is 1. The number of pyridine rings is 1. The van der Waals surface area contributed by atoms with Gasteiger partial charge in [-0.3, -0.25) is 0 Å². The molecule has 0 aliphatic carbocycles. The van der Waals surface area contributed by atoms with Gasteiger partial charge >= 0.3 is 17.9 Å². The average Bonchev–Trinajstić information content (AvgIpc) is 3.38. The van der Waals surface area contributed by atoms with E-state index in [-0.39, 0.29) is 17.0 Å². The van der Waals surface area contributed by atoms with Crippen LogP contribution in [0.5, 0.6) is 0 Å². The Bertz CT molecular complexity index is 1290. The van der Waals surface area contributed by atoms with Crippen molar-refractivity contribution in [1.29, 1.82) is 0 Å². The zero-order chi connectivity index (χ0) is 20.0. The Balaban J connectivity index is 2.23. The van der Waals surface area contributed by atoms with Crippen molar-refractivity contribution in [1.82, 2.24) is 15.0 Å². The molecule has 0 amide bonds. The number of esters is 3. The first kappa shape index (κ1) is 17.5. The molecule has 28 heavy (non-hydrogen) atoms. The van der Waals surface area contributed by atoms with E-state index in [4.69, 9.17) is 18.6 Å². The van der Waals surface area contributed by atoms with Gasteiger partial charge in [0.2, 0.25) is 0 Å². The van der Waals surface area contributed by atoms with Crippen molar-refractivity contribution in [3.05, 3.63) is 35.5 Å². The van der Waals surface area contributed by atoms with E-state index in [1.165, 1.54) is 39.9 Å². The lowest BCUT2D eigenvalue weighted by atomic mass is 10.0. The summed E-state index contributed by atoms with van der Waals surface area (Å²) >= 11 is 0. The average molecular weight is 383 g/mol. The SMILES string of the molecule is COC(=O)c1cc2c(n1)c1c(C(=O)OC)cc(C(=O)OC)[nH]c1c1ncoc21. The fraction of sp³-hybridized carbons (Fsp3) is 0.167. The highest BCUT2D eigenvalue weighted by Gasteiger charge is 2.25. The van der Waals surface area contributed by atoms with Crippen molar-refractivity contribution >= 4 is 50.8 Å². The van der Waals surface area contributed by atoms with E-state index in [1.54, 1.807) is 0 Å². The topological polar surface area (TPSA) is 134 Å². The van der Waals surface area contributed by atoms with E-state index < -0.39 is 17.9 Å². The summed E-state index contributed by atoms with van der Waals surface area (Å²) in [6, 6.07) is 2.79. The minimum Gasteiger partial charge on any atom is -0.465 e. The lowest BCUT2D eigenvalue weighted by molar-refractivity contribution is 0.0583. The molecular weight excluding hydrogens is 370 g/mol. The van der Waals surface area contributed by atoms with Crippen LogP contribution in [0.3, 0.4) is 0 Å². The number of ether oxygens (including phenoxy) is 3. The zero-order valence-corrected chi connectivity index (χ0v) is 15.0. The fourth-order valence-corrected chi connectivity index (χ4v) is 3.11. The number of aromatic amines is 1. The van der Waals surface area contributed by atoms with Gasteiger partial charge in [-0.05, 0) is 12.1 Å². The second kappa shape index (κ2) is 6.34. The van der Waals surface area contributed by atoms with E-state index in [1.807, 2.05) is 0 Å². The van der Waals surface area contributed by atoms with Crippen LogP contribution >= 0.6 is 0 Å². The molecule has 0 spiro atoms. The number of methoxy groups -OCH3 is 3. The highest BCUT2D eigenvalue weighted by molar-refractivity contribution is 6.26. The molecule has 3 aromatic heterocycles. The Morgan fingerprint density at radius 2 is 1.68 bits per heavy atom. The van der Waals surface area contributed by atoms with Crippen molar-refractivity contribution in [2.24, 2.45) is 0 Å². The second-order valence-electron chi connectivity index (χ2n) is 5.76. The van der Waals surface area contributed by atoms with Gasteiger partial charge < -0.3 is 23.6 Å². The minimum atomic E-state index is -0.698. The predicted octanol–water partition coefficient (Wildman–Crippen LogP) is 2.22. The van der Waals surface area contributed by atoms with Gasteiger partial charge in [-0.15, -0.1) is 0 Å². The number of nitrogens with one attached hydrogen (secondary N) is 1. The molecule has 0 saturated carbocycles. The number of rotatable bonds is 3. The minimum absolute atomic E-state index is 0.0128. The summed E-state index contributed by atoms with van der Waals surface area (Å²) in [5.41, 5.74) is 1.40. The smallest absolute Gasteiger partial charge is 0.356 e. The van der Waals surface area contributed by atoms with Crippen LogP contribution in [0.15, 0.2) is 22.9 Å². The van der Waals surface area contributed by atoms with Crippen LogP contribution in [-0.4, -0.2) is 54.2 Å². The van der Waals surface area contributed by atoms with Gasteiger partial charge in [0.15, 0.2) is 12.0 Å². The number of carbonyl (C=O) groups excluding carboxylic acids is 3. The molecule has 0 aliphatic rings. The molecule has 10 heteroatoms. The Hall–Kier alpha value is -3.95. The molecule has 0 radical (unpaired) electrons. The lowest BCUT2D eigenvalue weighted by Crippen LogP contribution is -2.10. The number of oxazole rings is 1. The first-order chi connectivity index (χ1) is 13.5. The molecule has 0 fully saturated rings. The summed E-state index contributed by atoms with van der Waals surface area (Å²) in [4.78, 5) is 47.9. The van der Waals surface area contributed by atoms with Gasteiger partial charge in [-0.25, -0.2) is 24.4 Å². The summed E-state index contributed by atoms with van der Waals surface area (Å²) in [7, 11) is 3.67. The number of nitrogens with zero attached hydrogens (tertiary/aromatic N) is 2. The highest BCUT2D eigenvalue weighted by Crippen LogP contribution is 2.36. The van der Waals surface area contributed by atoms with Crippen LogP contribution in [0.2, 0.25) is 0 Å². The number of carbonyl (C=O) groups is 3. The number of aromatic nitrogens is 3. The van der Waals surface area contributed by atoms with E-state index in [0.717, 1.165) is 0 Å². The molecular formula is C18H13N3O7. The summed E-state index contributed by atoms with van der Waals surface area (Å²) < 4.78 is 19.8. The molecule has 1 aromatic carbocycles. The largest absolute Gasteiger partial charge is 0.465 e. The zero-order valence-electron chi connectivity index (χ0n) is 15.0. The van der Waals surface area contributed by atoms with Crippen LogP contribution in [0.4, 0.5) is 0 Å². The van der Waals surface area contributed by atoms with Gasteiger partial charge in [0.1, 0.15) is 16.9 Å². The fourth-order valence-electron chi connectivity index (χ4n) is 3.11. The van der Waals surface area contributed by atoms with Gasteiger partial charge in [0.05, 0.1) is 37.9 Å². The molecule has 0 atom stereocenters. The van der Waals surface area contributed by atoms with Crippen LogP contribution in [-0.2, 0) is 14.2 Å². The molecule has 0 unspecified atom stereocenters. The van der Waals surface area contributed by atoms with Crippen molar-refractivity contribution in [2.45, 2.75) is 0 Å². The molecule has 1 N–H and O–H groups in total. The molecule has 142 valence electrons. The Kier molecular flexibility index (Phi) is 3.95. The maximum absolute atomic E-state index is 12.5. The molecule has 0 bridgehead atoms. The maximum atomic E-state index is 12.5. The molecule has 4 aromatic rings. The van der Waals surface area contributed by atoms with Gasteiger partial charge in [-0.2, -0.15) is 0 Å². The molecule has 3 heterocycles. The number of hydrogen-bond donors (Lipinski definition) is 1. The second-order valence-corrected chi connectivity index (χ2v) is 5.76. The Morgan fingerprint density at radius 3 is 2.36 bits per heavy atom. The van der Waals surface area contributed by atoms with Crippen molar-refractivity contribution in [3.8, 4) is 0 Å². The van der Waals surface area contributed by atoms with Gasteiger partial charge in [0, 0.05) is 10.8 Å². The van der Waals surface area contributed by atoms with E-state index in [2.05, 4.69) is 15.0 Å².